The Morgan fingerprint density at radius 1 is 1.30 bits per heavy atom. The maximum atomic E-state index is 12.7. The van der Waals surface area contributed by atoms with Crippen molar-refractivity contribution in [3.63, 3.8) is 0 Å². The molecule has 0 saturated carbocycles. The van der Waals surface area contributed by atoms with Gasteiger partial charge in [0.25, 0.3) is 5.91 Å². The van der Waals surface area contributed by atoms with E-state index >= 15 is 0 Å². The van der Waals surface area contributed by atoms with E-state index in [9.17, 15) is 9.59 Å². The summed E-state index contributed by atoms with van der Waals surface area (Å²) in [6, 6.07) is 0. The van der Waals surface area contributed by atoms with E-state index in [-0.39, 0.29) is 11.8 Å². The Labute approximate surface area is 118 Å². The number of amides is 2. The van der Waals surface area contributed by atoms with E-state index < -0.39 is 5.54 Å². The minimum absolute atomic E-state index is 0.0745. The molecule has 7 nitrogen and oxygen atoms in total. The van der Waals surface area contributed by atoms with Crippen molar-refractivity contribution >= 4 is 17.5 Å². The number of hydrogen-bond donors (Lipinski definition) is 1. The third-order valence-corrected chi connectivity index (χ3v) is 3.92. The number of carbonyl (C=O) groups excluding carboxylic acids is 2. The number of aryl methyl sites for hydroxylation is 2. The Bertz CT molecular complexity index is 576. The number of aromatic nitrogens is 2. The van der Waals surface area contributed by atoms with Crippen molar-refractivity contribution in [3.8, 4) is 0 Å². The average molecular weight is 279 g/mol. The lowest BCUT2D eigenvalue weighted by Crippen LogP contribution is -2.63. The van der Waals surface area contributed by atoms with Crippen LogP contribution in [0.4, 0.5) is 5.69 Å². The highest BCUT2D eigenvalue weighted by Gasteiger charge is 2.44. The SMILES string of the molecule is Cc1nn(C)c(C(=O)N2CCN(C)C(=O)C2(C)C)c1N. The van der Waals surface area contributed by atoms with Crippen molar-refractivity contribution in [1.29, 1.82) is 0 Å². The zero-order chi connectivity index (χ0) is 15.2. The summed E-state index contributed by atoms with van der Waals surface area (Å²) in [4.78, 5) is 28.2. The van der Waals surface area contributed by atoms with Crippen molar-refractivity contribution in [3.05, 3.63) is 11.4 Å². The normalized spacial score (nSPS) is 18.6. The molecule has 2 amide bonds. The molecule has 1 aliphatic rings. The molecule has 0 radical (unpaired) electrons. The summed E-state index contributed by atoms with van der Waals surface area (Å²) in [6.07, 6.45) is 0. The number of nitrogens with two attached hydrogens (primary N) is 1. The van der Waals surface area contributed by atoms with Gasteiger partial charge in [-0.3, -0.25) is 14.3 Å². The molecule has 20 heavy (non-hydrogen) atoms. The fraction of sp³-hybridized carbons (Fsp3) is 0.615. The van der Waals surface area contributed by atoms with Crippen molar-refractivity contribution in [2.75, 3.05) is 25.9 Å². The molecule has 1 fully saturated rings. The highest BCUT2D eigenvalue weighted by molar-refractivity contribution is 6.02. The third-order valence-electron chi connectivity index (χ3n) is 3.92. The molecule has 0 aliphatic carbocycles. The molecule has 0 aromatic carbocycles. The van der Waals surface area contributed by atoms with Gasteiger partial charge in [-0.25, -0.2) is 0 Å². The predicted octanol–water partition coefficient (Wildman–Crippen LogP) is 0.00352. The second-order valence-electron chi connectivity index (χ2n) is 5.71. The first kappa shape index (κ1) is 14.4. The van der Waals surface area contributed by atoms with E-state index in [2.05, 4.69) is 5.10 Å². The van der Waals surface area contributed by atoms with Gasteiger partial charge in [0, 0.05) is 27.2 Å². The first-order valence-corrected chi connectivity index (χ1v) is 6.54. The molecule has 1 aromatic heterocycles. The van der Waals surface area contributed by atoms with Crippen LogP contribution in [0.5, 0.6) is 0 Å². The summed E-state index contributed by atoms with van der Waals surface area (Å²) in [5.74, 6) is -0.327. The summed E-state index contributed by atoms with van der Waals surface area (Å²) in [7, 11) is 3.43. The van der Waals surface area contributed by atoms with E-state index in [4.69, 9.17) is 5.73 Å². The van der Waals surface area contributed by atoms with Gasteiger partial charge in [0.15, 0.2) is 0 Å². The first-order chi connectivity index (χ1) is 9.17. The molecule has 1 saturated heterocycles. The van der Waals surface area contributed by atoms with Crippen molar-refractivity contribution in [1.82, 2.24) is 19.6 Å². The zero-order valence-corrected chi connectivity index (χ0v) is 12.6. The molecule has 1 aromatic rings. The molecule has 0 bridgehead atoms. The fourth-order valence-electron chi connectivity index (χ4n) is 2.62. The molecule has 1 aliphatic heterocycles. The van der Waals surface area contributed by atoms with Gasteiger partial charge in [-0.2, -0.15) is 5.10 Å². The topological polar surface area (TPSA) is 84.5 Å². The van der Waals surface area contributed by atoms with E-state index in [0.717, 1.165) is 0 Å². The lowest BCUT2D eigenvalue weighted by Gasteiger charge is -2.44. The van der Waals surface area contributed by atoms with Crippen LogP contribution in [0, 0.1) is 6.92 Å². The fourth-order valence-corrected chi connectivity index (χ4v) is 2.62. The molecule has 2 N–H and O–H groups in total. The van der Waals surface area contributed by atoms with Crippen LogP contribution in [0.1, 0.15) is 30.0 Å². The summed E-state index contributed by atoms with van der Waals surface area (Å²) in [6.45, 7) is 6.26. The quantitative estimate of drug-likeness (QED) is 0.784. The second-order valence-corrected chi connectivity index (χ2v) is 5.71. The van der Waals surface area contributed by atoms with Crippen LogP contribution >= 0.6 is 0 Å². The molecule has 2 rings (SSSR count). The molecule has 0 atom stereocenters. The molecule has 2 heterocycles. The number of piperazine rings is 1. The number of nitrogen functional groups attached to an aromatic ring is 1. The highest BCUT2D eigenvalue weighted by Crippen LogP contribution is 2.26. The monoisotopic (exact) mass is 279 g/mol. The van der Waals surface area contributed by atoms with Crippen LogP contribution < -0.4 is 5.73 Å². The summed E-state index contributed by atoms with van der Waals surface area (Å²) < 4.78 is 1.48. The smallest absolute Gasteiger partial charge is 0.275 e. The number of rotatable bonds is 1. The number of carbonyl (C=O) groups is 2. The van der Waals surface area contributed by atoms with E-state index in [0.29, 0.717) is 30.2 Å². The van der Waals surface area contributed by atoms with E-state index in [1.54, 1.807) is 44.7 Å². The Morgan fingerprint density at radius 2 is 1.90 bits per heavy atom. The van der Waals surface area contributed by atoms with Crippen molar-refractivity contribution < 1.29 is 9.59 Å². The summed E-state index contributed by atoms with van der Waals surface area (Å²) in [5, 5.41) is 4.16. The summed E-state index contributed by atoms with van der Waals surface area (Å²) >= 11 is 0. The van der Waals surface area contributed by atoms with Gasteiger partial charge >= 0.3 is 0 Å². The molecular formula is C13H21N5O2. The lowest BCUT2D eigenvalue weighted by atomic mass is 9.97. The van der Waals surface area contributed by atoms with Crippen molar-refractivity contribution in [2.24, 2.45) is 7.05 Å². The minimum atomic E-state index is -0.880. The van der Waals surface area contributed by atoms with Gasteiger partial charge in [0.2, 0.25) is 5.91 Å². The highest BCUT2D eigenvalue weighted by atomic mass is 16.2. The average Bonchev–Trinajstić information content (AvgIpc) is 2.60. The Hall–Kier alpha value is -2.05. The minimum Gasteiger partial charge on any atom is -0.395 e. The van der Waals surface area contributed by atoms with Crippen molar-refractivity contribution in [2.45, 2.75) is 26.3 Å². The Balaban J connectivity index is 2.41. The zero-order valence-electron chi connectivity index (χ0n) is 12.6. The van der Waals surface area contributed by atoms with Crippen LogP contribution in [-0.4, -0.2) is 57.1 Å². The number of hydrogen-bond acceptors (Lipinski definition) is 4. The van der Waals surface area contributed by atoms with Crippen LogP contribution in [0.25, 0.3) is 0 Å². The number of likely N-dealkylation sites (N-methyl/N-ethyl adjacent to an activating group) is 1. The molecular weight excluding hydrogens is 258 g/mol. The van der Waals surface area contributed by atoms with Gasteiger partial charge in [0.1, 0.15) is 11.2 Å². The summed E-state index contributed by atoms with van der Waals surface area (Å²) in [5.41, 5.74) is 6.39. The van der Waals surface area contributed by atoms with Gasteiger partial charge in [-0.05, 0) is 20.8 Å². The second kappa shape index (κ2) is 4.50. The number of anilines is 1. The Kier molecular flexibility index (Phi) is 3.23. The maximum Gasteiger partial charge on any atom is 0.275 e. The van der Waals surface area contributed by atoms with Crippen LogP contribution in [0.2, 0.25) is 0 Å². The predicted molar refractivity (Wildman–Crippen MR) is 75.1 cm³/mol. The molecule has 110 valence electrons. The van der Waals surface area contributed by atoms with E-state index in [1.165, 1.54) is 4.68 Å². The number of nitrogens with zero attached hydrogens (tertiary/aromatic N) is 4. The van der Waals surface area contributed by atoms with Crippen LogP contribution in [0.3, 0.4) is 0 Å². The van der Waals surface area contributed by atoms with Gasteiger partial charge < -0.3 is 15.5 Å². The van der Waals surface area contributed by atoms with E-state index in [1.807, 2.05) is 0 Å². The third kappa shape index (κ3) is 1.93. The Morgan fingerprint density at radius 3 is 2.40 bits per heavy atom. The van der Waals surface area contributed by atoms with Gasteiger partial charge in [-0.15, -0.1) is 0 Å². The van der Waals surface area contributed by atoms with Gasteiger partial charge in [-0.1, -0.05) is 0 Å². The van der Waals surface area contributed by atoms with Gasteiger partial charge in [0.05, 0.1) is 11.4 Å². The van der Waals surface area contributed by atoms with Crippen LogP contribution in [-0.2, 0) is 11.8 Å². The first-order valence-electron chi connectivity index (χ1n) is 6.54. The molecule has 0 spiro atoms. The standard InChI is InChI=1S/C13H21N5O2/c1-8-9(14)10(17(5)15-8)11(19)18-7-6-16(4)12(20)13(18,2)3/h6-7,14H2,1-5H3. The molecule has 0 unspecified atom stereocenters. The van der Waals surface area contributed by atoms with Crippen LogP contribution in [0.15, 0.2) is 0 Å². The molecule has 7 heteroatoms. The maximum absolute atomic E-state index is 12.7. The lowest BCUT2D eigenvalue weighted by molar-refractivity contribution is -0.144. The largest absolute Gasteiger partial charge is 0.395 e.